The maximum Gasteiger partial charge on any atom is 0.342 e. The second-order valence-electron chi connectivity index (χ2n) is 7.18. The van der Waals surface area contributed by atoms with Crippen molar-refractivity contribution in [2.24, 2.45) is 0 Å². The van der Waals surface area contributed by atoms with Crippen LogP contribution in [0, 0.1) is 0 Å². The van der Waals surface area contributed by atoms with Crippen LogP contribution in [0.2, 0.25) is 0 Å². The lowest BCUT2D eigenvalue weighted by Gasteiger charge is -2.25. The van der Waals surface area contributed by atoms with E-state index in [4.69, 9.17) is 4.74 Å². The van der Waals surface area contributed by atoms with E-state index in [2.05, 4.69) is 10.1 Å². The number of phenols is 1. The molecule has 2 amide bonds. The summed E-state index contributed by atoms with van der Waals surface area (Å²) in [6, 6.07) is 7.94. The van der Waals surface area contributed by atoms with Crippen molar-refractivity contribution < 1.29 is 37.7 Å². The fourth-order valence-corrected chi connectivity index (χ4v) is 2.94. The van der Waals surface area contributed by atoms with Gasteiger partial charge in [-0.3, -0.25) is 4.21 Å². The minimum atomic E-state index is -3.09. The van der Waals surface area contributed by atoms with Crippen molar-refractivity contribution in [3.8, 4) is 5.75 Å². The highest BCUT2D eigenvalue weighted by Gasteiger charge is 2.24. The largest absolute Gasteiger partial charge is 0.755 e. The highest BCUT2D eigenvalue weighted by molar-refractivity contribution is 7.81. The first-order chi connectivity index (χ1) is 14.4. The van der Waals surface area contributed by atoms with Crippen LogP contribution in [0.25, 0.3) is 0 Å². The van der Waals surface area contributed by atoms with E-state index in [-0.39, 0.29) is 22.5 Å². The molecule has 0 saturated heterocycles. The highest BCUT2D eigenvalue weighted by Crippen LogP contribution is 2.28. The van der Waals surface area contributed by atoms with E-state index < -0.39 is 40.6 Å². The van der Waals surface area contributed by atoms with Crippen LogP contribution in [0.15, 0.2) is 42.5 Å². The van der Waals surface area contributed by atoms with Gasteiger partial charge in [0.2, 0.25) is 0 Å². The predicted octanol–water partition coefficient (Wildman–Crippen LogP) is 2.97. The number of rotatable bonds is 5. The zero-order valence-electron chi connectivity index (χ0n) is 17.2. The molecule has 2 rings (SSSR count). The van der Waals surface area contributed by atoms with Gasteiger partial charge >= 0.3 is 18.0 Å². The number of benzene rings is 2. The van der Waals surface area contributed by atoms with Crippen LogP contribution in [0.1, 0.15) is 41.5 Å². The fraction of sp³-hybridized carbons (Fsp3) is 0.250. The van der Waals surface area contributed by atoms with E-state index in [0.717, 1.165) is 25.3 Å². The Balaban J connectivity index is 2.34. The van der Waals surface area contributed by atoms with Gasteiger partial charge in [-0.25, -0.2) is 18.7 Å². The molecule has 0 bridgehead atoms. The summed E-state index contributed by atoms with van der Waals surface area (Å²) in [7, 11) is 1.16. The van der Waals surface area contributed by atoms with E-state index in [1.54, 1.807) is 26.8 Å². The molecule has 166 valence electrons. The van der Waals surface area contributed by atoms with Crippen molar-refractivity contribution in [2.45, 2.75) is 26.4 Å². The van der Waals surface area contributed by atoms with Crippen molar-refractivity contribution in [2.75, 3.05) is 16.7 Å². The molecule has 0 aliphatic rings. The Morgan fingerprint density at radius 3 is 2.26 bits per heavy atom. The van der Waals surface area contributed by atoms with Crippen molar-refractivity contribution in [1.82, 2.24) is 0 Å². The highest BCUT2D eigenvalue weighted by atomic mass is 32.2. The smallest absolute Gasteiger partial charge is 0.342 e. The summed E-state index contributed by atoms with van der Waals surface area (Å²) in [6.07, 6.45) is 0. The number of carbonyl (C=O) groups is 3. The number of methoxy groups -OCH3 is 1. The molecule has 0 aliphatic carbocycles. The van der Waals surface area contributed by atoms with Crippen molar-refractivity contribution >= 4 is 40.6 Å². The summed E-state index contributed by atoms with van der Waals surface area (Å²) in [5, 5.41) is 12.5. The number of phenolic OH excluding ortho intramolecular Hbond substituents is 1. The third-order valence-electron chi connectivity index (χ3n) is 3.74. The quantitative estimate of drug-likeness (QED) is 0.523. The van der Waals surface area contributed by atoms with Gasteiger partial charge in [-0.2, -0.15) is 0 Å². The Morgan fingerprint density at radius 1 is 1.06 bits per heavy atom. The second kappa shape index (κ2) is 9.58. The molecule has 2 N–H and O–H groups in total. The maximum atomic E-state index is 12.6. The first-order valence-corrected chi connectivity index (χ1v) is 9.92. The van der Waals surface area contributed by atoms with Gasteiger partial charge in [-0.1, -0.05) is 12.1 Å². The van der Waals surface area contributed by atoms with Crippen molar-refractivity contribution in [3.63, 3.8) is 0 Å². The molecule has 0 heterocycles. The minimum Gasteiger partial charge on any atom is -0.755 e. The number of hydrogen-bond acceptors (Lipinski definition) is 8. The number of aromatic hydroxyl groups is 1. The summed E-state index contributed by atoms with van der Waals surface area (Å²) in [4.78, 5) is 36.6. The number of amides is 2. The van der Waals surface area contributed by atoms with E-state index in [1.807, 2.05) is 0 Å². The van der Waals surface area contributed by atoms with Crippen molar-refractivity contribution in [3.05, 3.63) is 53.6 Å². The Bertz CT molecular complexity index is 1030. The number of esters is 2. The van der Waals surface area contributed by atoms with Gasteiger partial charge in [-0.15, -0.1) is 0 Å². The maximum absolute atomic E-state index is 12.6. The number of carbonyl (C=O) groups excluding carboxylic acids is 3. The van der Waals surface area contributed by atoms with Crippen LogP contribution >= 0.6 is 0 Å². The molecule has 0 aromatic heterocycles. The molecule has 2 aromatic rings. The first-order valence-electron chi connectivity index (χ1n) is 8.89. The lowest BCUT2D eigenvalue weighted by atomic mass is 10.1. The molecule has 0 radical (unpaired) electrons. The van der Waals surface area contributed by atoms with Gasteiger partial charge < -0.3 is 24.4 Å². The second-order valence-corrected chi connectivity index (χ2v) is 7.98. The Morgan fingerprint density at radius 2 is 1.71 bits per heavy atom. The number of nitrogens with one attached hydrogen (secondary N) is 1. The number of urea groups is 1. The third kappa shape index (κ3) is 6.03. The molecule has 0 fully saturated rings. The molecule has 0 aliphatic heterocycles. The lowest BCUT2D eigenvalue weighted by Crippen LogP contribution is -2.36. The molecule has 0 spiro atoms. The van der Waals surface area contributed by atoms with Crippen LogP contribution in [0.3, 0.4) is 0 Å². The molecule has 2 aromatic carbocycles. The zero-order chi connectivity index (χ0) is 23.3. The fourth-order valence-electron chi connectivity index (χ4n) is 2.47. The molecule has 11 heteroatoms. The Kier molecular flexibility index (Phi) is 7.37. The number of ether oxygens (including phenoxy) is 2. The molecule has 0 saturated carbocycles. The van der Waals surface area contributed by atoms with Crippen LogP contribution in [-0.2, 0) is 20.7 Å². The third-order valence-corrected chi connectivity index (χ3v) is 4.42. The minimum absolute atomic E-state index is 0.0121. The number of hydrogen-bond donors (Lipinski definition) is 2. The molecule has 10 nitrogen and oxygen atoms in total. The van der Waals surface area contributed by atoms with Gasteiger partial charge in [0.25, 0.3) is 0 Å². The lowest BCUT2D eigenvalue weighted by molar-refractivity contribution is 0.00666. The molecular weight excluding hydrogens is 428 g/mol. The van der Waals surface area contributed by atoms with E-state index in [9.17, 15) is 28.3 Å². The summed E-state index contributed by atoms with van der Waals surface area (Å²) in [5.41, 5.74) is -1.22. The van der Waals surface area contributed by atoms with Crippen LogP contribution < -0.4 is 9.62 Å². The van der Waals surface area contributed by atoms with E-state index in [1.165, 1.54) is 18.2 Å². The summed E-state index contributed by atoms with van der Waals surface area (Å²) >= 11 is -3.09. The van der Waals surface area contributed by atoms with Gasteiger partial charge in [-0.05, 0) is 45.0 Å². The molecule has 1 atom stereocenters. The zero-order valence-corrected chi connectivity index (χ0v) is 18.0. The average molecular weight is 449 g/mol. The van der Waals surface area contributed by atoms with Gasteiger partial charge in [0.15, 0.2) is 0 Å². The van der Waals surface area contributed by atoms with Crippen molar-refractivity contribution in [1.29, 1.82) is 0 Å². The van der Waals surface area contributed by atoms with E-state index in [0.29, 0.717) is 4.31 Å². The number of anilines is 2. The molecular formula is C20H21N2O8S-. The van der Waals surface area contributed by atoms with Crippen LogP contribution in [0.5, 0.6) is 5.75 Å². The molecule has 31 heavy (non-hydrogen) atoms. The standard InChI is InChI=1S/C20H22N2O8S/c1-20(2,3)30-18(25)14-10-9-12(11-16(14)23)22(31(27)28)19(26)21-15-8-6-5-7-13(15)17(24)29-4/h5-11,23H,1-4H3,(H,21,26)(H,27,28)/p-1. The molecule has 1 unspecified atom stereocenters. The number of nitrogens with zero attached hydrogens (tertiary/aromatic N) is 1. The van der Waals surface area contributed by atoms with Gasteiger partial charge in [0.05, 0.1) is 35.3 Å². The summed E-state index contributed by atoms with van der Waals surface area (Å²) in [5.74, 6) is -2.13. The average Bonchev–Trinajstić information content (AvgIpc) is 2.66. The summed E-state index contributed by atoms with van der Waals surface area (Å²) in [6.45, 7) is 4.94. The SMILES string of the molecule is COC(=O)c1ccccc1NC(=O)N(c1ccc(C(=O)OC(C)(C)C)c(O)c1)S(=O)[O-]. The van der Waals surface area contributed by atoms with Crippen LogP contribution in [-0.4, -0.2) is 44.5 Å². The van der Waals surface area contributed by atoms with Gasteiger partial charge in [0.1, 0.15) is 16.9 Å². The topological polar surface area (TPSA) is 145 Å². The first kappa shape index (κ1) is 23.8. The van der Waals surface area contributed by atoms with E-state index >= 15 is 0 Å². The van der Waals surface area contributed by atoms with Crippen LogP contribution in [0.4, 0.5) is 16.2 Å². The summed E-state index contributed by atoms with van der Waals surface area (Å²) < 4.78 is 33.6. The number of para-hydroxylation sites is 1. The monoisotopic (exact) mass is 449 g/mol. The van der Waals surface area contributed by atoms with Gasteiger partial charge in [0, 0.05) is 6.07 Å². The Hall–Kier alpha value is -3.44. The Labute approximate surface area is 181 Å². The normalized spacial score (nSPS) is 11.9. The predicted molar refractivity (Wildman–Crippen MR) is 111 cm³/mol.